The fourth-order valence-corrected chi connectivity index (χ4v) is 9.20. The summed E-state index contributed by atoms with van der Waals surface area (Å²) in [5.74, 6) is -0.856. The summed E-state index contributed by atoms with van der Waals surface area (Å²) in [5, 5.41) is 0. The third kappa shape index (κ3) is 56.5. The van der Waals surface area contributed by atoms with Gasteiger partial charge in [0, 0.05) is 19.3 Å². The number of carbonyl (C=O) groups excluding carboxylic acids is 3. The van der Waals surface area contributed by atoms with Gasteiger partial charge in [0.15, 0.2) is 6.10 Å². The van der Waals surface area contributed by atoms with Crippen LogP contribution in [0.25, 0.3) is 0 Å². The normalized spacial score (nSPS) is 12.2. The van der Waals surface area contributed by atoms with E-state index in [0.717, 1.165) is 57.8 Å². The van der Waals surface area contributed by atoms with Gasteiger partial charge >= 0.3 is 17.9 Å². The molecule has 0 radical (unpaired) electrons. The zero-order valence-corrected chi connectivity index (χ0v) is 47.1. The van der Waals surface area contributed by atoms with Gasteiger partial charge in [-0.15, -0.1) is 0 Å². The van der Waals surface area contributed by atoms with Crippen molar-refractivity contribution in [3.63, 3.8) is 0 Å². The first-order valence-corrected chi connectivity index (χ1v) is 31.0. The standard InChI is InChI=1S/C64H118O6/c1-4-7-10-13-16-19-22-25-28-30-32-34-36-39-42-45-48-51-54-57-63(66)69-60-61(59-68-62(65)56-53-50-47-44-41-38-35-27-24-21-18-15-12-9-6-3)70-64(67)58-55-52-49-46-43-40-37-33-31-29-26-23-20-17-14-11-8-5-2/h16,19,21-22,24-25,61H,4-15,17-18,20,23,26-60H2,1-3H3/b19-16-,24-21-,25-22-. The number of carbonyl (C=O) groups is 3. The lowest BCUT2D eigenvalue weighted by Crippen LogP contribution is -2.30. The Morgan fingerprint density at radius 1 is 0.286 bits per heavy atom. The van der Waals surface area contributed by atoms with Crippen molar-refractivity contribution in [2.75, 3.05) is 13.2 Å². The molecule has 1 unspecified atom stereocenters. The van der Waals surface area contributed by atoms with Gasteiger partial charge in [-0.25, -0.2) is 0 Å². The number of esters is 3. The van der Waals surface area contributed by atoms with Crippen LogP contribution in [-0.2, 0) is 28.6 Å². The van der Waals surface area contributed by atoms with Gasteiger partial charge in [-0.05, 0) is 70.6 Å². The molecular weight excluding hydrogens is 865 g/mol. The van der Waals surface area contributed by atoms with Crippen molar-refractivity contribution in [2.24, 2.45) is 0 Å². The number of hydrogen-bond acceptors (Lipinski definition) is 6. The smallest absolute Gasteiger partial charge is 0.306 e. The molecule has 0 saturated heterocycles. The van der Waals surface area contributed by atoms with Crippen molar-refractivity contribution in [2.45, 2.75) is 341 Å². The molecule has 70 heavy (non-hydrogen) atoms. The van der Waals surface area contributed by atoms with Crippen molar-refractivity contribution >= 4 is 17.9 Å². The molecule has 0 aliphatic heterocycles. The molecule has 0 aliphatic rings. The van der Waals surface area contributed by atoms with E-state index in [-0.39, 0.29) is 31.1 Å². The van der Waals surface area contributed by atoms with E-state index in [9.17, 15) is 14.4 Å². The lowest BCUT2D eigenvalue weighted by molar-refractivity contribution is -0.167. The van der Waals surface area contributed by atoms with Crippen molar-refractivity contribution in [1.82, 2.24) is 0 Å². The first-order valence-electron chi connectivity index (χ1n) is 31.0. The Kier molecular flexibility index (Phi) is 57.2. The highest BCUT2D eigenvalue weighted by molar-refractivity contribution is 5.71. The van der Waals surface area contributed by atoms with Gasteiger partial charge < -0.3 is 14.2 Å². The molecule has 0 N–H and O–H groups in total. The van der Waals surface area contributed by atoms with Crippen LogP contribution in [0.4, 0.5) is 0 Å². The van der Waals surface area contributed by atoms with E-state index in [1.165, 1.54) is 238 Å². The van der Waals surface area contributed by atoms with E-state index in [0.29, 0.717) is 19.3 Å². The first-order chi connectivity index (χ1) is 34.5. The quantitative estimate of drug-likeness (QED) is 0.0199. The van der Waals surface area contributed by atoms with Crippen LogP contribution in [0.3, 0.4) is 0 Å². The van der Waals surface area contributed by atoms with E-state index in [4.69, 9.17) is 14.2 Å². The number of unbranched alkanes of at least 4 members (excludes halogenated alkanes) is 41. The summed E-state index contributed by atoms with van der Waals surface area (Å²) in [6.45, 7) is 6.65. The van der Waals surface area contributed by atoms with E-state index in [2.05, 4.69) is 57.2 Å². The summed E-state index contributed by atoms with van der Waals surface area (Å²) in [7, 11) is 0. The summed E-state index contributed by atoms with van der Waals surface area (Å²) in [4.78, 5) is 38.3. The van der Waals surface area contributed by atoms with E-state index >= 15 is 0 Å². The molecule has 0 spiro atoms. The highest BCUT2D eigenvalue weighted by Crippen LogP contribution is 2.17. The molecule has 410 valence electrons. The summed E-state index contributed by atoms with van der Waals surface area (Å²) in [6, 6.07) is 0. The van der Waals surface area contributed by atoms with Crippen LogP contribution < -0.4 is 0 Å². The predicted molar refractivity (Wildman–Crippen MR) is 302 cm³/mol. The maximum atomic E-state index is 12.9. The van der Waals surface area contributed by atoms with Gasteiger partial charge in [0.25, 0.3) is 0 Å². The molecule has 0 bridgehead atoms. The van der Waals surface area contributed by atoms with Crippen LogP contribution in [0.5, 0.6) is 0 Å². The van der Waals surface area contributed by atoms with Crippen LogP contribution in [-0.4, -0.2) is 37.2 Å². The molecule has 0 fully saturated rings. The van der Waals surface area contributed by atoms with Crippen molar-refractivity contribution < 1.29 is 28.6 Å². The second-order valence-electron chi connectivity index (χ2n) is 21.0. The van der Waals surface area contributed by atoms with Gasteiger partial charge in [-0.1, -0.05) is 282 Å². The Hall–Kier alpha value is -2.37. The molecule has 0 aliphatic carbocycles. The Morgan fingerprint density at radius 3 is 0.843 bits per heavy atom. The zero-order chi connectivity index (χ0) is 50.7. The number of ether oxygens (including phenoxy) is 3. The Balaban J connectivity index is 4.33. The summed E-state index contributed by atoms with van der Waals surface area (Å²) in [6.07, 6.45) is 71.3. The molecule has 1 atom stereocenters. The largest absolute Gasteiger partial charge is 0.462 e. The fraction of sp³-hybridized carbons (Fsp3) is 0.859. The molecule has 6 heteroatoms. The highest BCUT2D eigenvalue weighted by atomic mass is 16.6. The third-order valence-electron chi connectivity index (χ3n) is 13.9. The Morgan fingerprint density at radius 2 is 0.514 bits per heavy atom. The average Bonchev–Trinajstić information content (AvgIpc) is 3.36. The van der Waals surface area contributed by atoms with Crippen LogP contribution in [0.15, 0.2) is 36.5 Å². The van der Waals surface area contributed by atoms with Gasteiger partial charge in [-0.3, -0.25) is 14.4 Å². The molecule has 0 amide bonds. The fourth-order valence-electron chi connectivity index (χ4n) is 9.20. The van der Waals surface area contributed by atoms with Gasteiger partial charge in [-0.2, -0.15) is 0 Å². The van der Waals surface area contributed by atoms with Gasteiger partial charge in [0.05, 0.1) is 0 Å². The van der Waals surface area contributed by atoms with E-state index in [1.54, 1.807) is 0 Å². The minimum Gasteiger partial charge on any atom is -0.462 e. The van der Waals surface area contributed by atoms with Crippen LogP contribution in [0.2, 0.25) is 0 Å². The molecule has 6 nitrogen and oxygen atoms in total. The number of allylic oxidation sites excluding steroid dienone is 6. The summed E-state index contributed by atoms with van der Waals surface area (Å²) in [5.41, 5.74) is 0. The maximum absolute atomic E-state index is 12.9. The highest BCUT2D eigenvalue weighted by Gasteiger charge is 2.19. The van der Waals surface area contributed by atoms with Gasteiger partial charge in [0.2, 0.25) is 0 Å². The summed E-state index contributed by atoms with van der Waals surface area (Å²) >= 11 is 0. The van der Waals surface area contributed by atoms with Crippen LogP contribution >= 0.6 is 0 Å². The molecule has 0 aromatic heterocycles. The molecule has 0 aromatic rings. The second-order valence-corrected chi connectivity index (χ2v) is 21.0. The first kappa shape index (κ1) is 67.6. The van der Waals surface area contributed by atoms with Crippen molar-refractivity contribution in [3.05, 3.63) is 36.5 Å². The average molecular weight is 984 g/mol. The van der Waals surface area contributed by atoms with Crippen LogP contribution in [0.1, 0.15) is 335 Å². The summed E-state index contributed by atoms with van der Waals surface area (Å²) < 4.78 is 16.9. The molecule has 0 rings (SSSR count). The maximum Gasteiger partial charge on any atom is 0.306 e. The monoisotopic (exact) mass is 983 g/mol. The van der Waals surface area contributed by atoms with Gasteiger partial charge in [0.1, 0.15) is 13.2 Å². The lowest BCUT2D eigenvalue weighted by atomic mass is 10.0. The third-order valence-corrected chi connectivity index (χ3v) is 13.9. The predicted octanol–water partition coefficient (Wildman–Crippen LogP) is 20.8. The Labute approximate surface area is 435 Å². The SMILES string of the molecule is CCCCC/C=C\C=C/CCCCCCCCCCCCC(=O)OCC(COC(=O)CCCCCCCCC/C=C\CCCCCC)OC(=O)CCCCCCCCCCCCCCCCCCCC. The number of hydrogen-bond donors (Lipinski definition) is 0. The molecular formula is C64H118O6. The molecule has 0 heterocycles. The minimum absolute atomic E-state index is 0.0712. The number of rotatable bonds is 57. The topological polar surface area (TPSA) is 78.9 Å². The van der Waals surface area contributed by atoms with Crippen molar-refractivity contribution in [3.8, 4) is 0 Å². The molecule has 0 aromatic carbocycles. The Bertz CT molecular complexity index is 1170. The minimum atomic E-state index is -0.773. The molecule has 0 saturated carbocycles. The van der Waals surface area contributed by atoms with Crippen molar-refractivity contribution in [1.29, 1.82) is 0 Å². The van der Waals surface area contributed by atoms with E-state index < -0.39 is 6.10 Å². The van der Waals surface area contributed by atoms with Crippen LogP contribution in [0, 0.1) is 0 Å². The van der Waals surface area contributed by atoms with E-state index in [1.807, 2.05) is 0 Å². The zero-order valence-electron chi connectivity index (χ0n) is 47.1. The lowest BCUT2D eigenvalue weighted by Gasteiger charge is -2.18. The second kappa shape index (κ2) is 59.2.